The largest absolute Gasteiger partial charge is 0.468 e. The van der Waals surface area contributed by atoms with Crippen LogP contribution in [0.3, 0.4) is 0 Å². The van der Waals surface area contributed by atoms with Crippen LogP contribution in [-0.4, -0.2) is 66.7 Å². The molecule has 2 amide bonds. The summed E-state index contributed by atoms with van der Waals surface area (Å²) in [6.45, 7) is 12.8. The van der Waals surface area contributed by atoms with Crippen LogP contribution in [0.25, 0.3) is 0 Å². The third kappa shape index (κ3) is 7.27. The molecule has 226 valence electrons. The zero-order valence-electron chi connectivity index (χ0n) is 25.4. The van der Waals surface area contributed by atoms with E-state index in [-0.39, 0.29) is 46.0 Å². The number of methoxy groups -OCH3 is 2. The smallest absolute Gasteiger partial charge is 0.408 e. The van der Waals surface area contributed by atoms with E-state index in [0.717, 1.165) is 38.5 Å². The number of carbonyl (C=O) groups excluding carboxylic acids is 4. The highest BCUT2D eigenvalue weighted by molar-refractivity contribution is 5.88. The predicted molar refractivity (Wildman–Crippen MR) is 147 cm³/mol. The lowest BCUT2D eigenvalue weighted by Crippen LogP contribution is -2.75. The molecular weight excluding hydrogens is 518 g/mol. The van der Waals surface area contributed by atoms with Gasteiger partial charge in [-0.15, -0.1) is 0 Å². The number of carbonyl (C=O) groups is 4. The first-order valence-electron chi connectivity index (χ1n) is 13.8. The second kappa shape index (κ2) is 10.5. The van der Waals surface area contributed by atoms with Crippen molar-refractivity contribution in [2.24, 2.45) is 16.6 Å². The van der Waals surface area contributed by atoms with Crippen LogP contribution in [0.1, 0.15) is 93.4 Å². The third-order valence-electron chi connectivity index (χ3n) is 7.93. The molecule has 0 spiro atoms. The van der Waals surface area contributed by atoms with Crippen LogP contribution in [0.4, 0.5) is 9.59 Å². The minimum Gasteiger partial charge on any atom is -0.468 e. The average Bonchev–Trinajstić information content (AvgIpc) is 2.70. The van der Waals surface area contributed by atoms with Gasteiger partial charge in [-0.05, 0) is 104 Å². The maximum Gasteiger partial charge on any atom is 0.408 e. The van der Waals surface area contributed by atoms with Crippen LogP contribution in [0.2, 0.25) is 0 Å². The van der Waals surface area contributed by atoms with E-state index in [1.807, 2.05) is 47.6 Å². The second-order valence-corrected chi connectivity index (χ2v) is 14.4. The number of nitrogens with one attached hydrogen (secondary N) is 2. The lowest BCUT2D eigenvalue weighted by molar-refractivity contribution is -0.168. The number of ether oxygens (including phenoxy) is 4. The molecule has 0 aromatic rings. The first-order valence-corrected chi connectivity index (χ1v) is 13.8. The number of amides is 2. The highest BCUT2D eigenvalue weighted by Crippen LogP contribution is 2.69. The van der Waals surface area contributed by atoms with Crippen molar-refractivity contribution in [1.82, 2.24) is 10.6 Å². The lowest BCUT2D eigenvalue weighted by atomic mass is 9.38. The Morgan fingerprint density at radius 2 is 1.23 bits per heavy atom. The van der Waals surface area contributed by atoms with Crippen molar-refractivity contribution in [2.45, 2.75) is 122 Å². The van der Waals surface area contributed by atoms with Crippen molar-refractivity contribution in [3.8, 4) is 0 Å². The van der Waals surface area contributed by atoms with Crippen molar-refractivity contribution in [2.75, 3.05) is 14.2 Å². The molecule has 6 rings (SSSR count). The Bertz CT molecular complexity index is 1030. The summed E-state index contributed by atoms with van der Waals surface area (Å²) in [4.78, 5) is 46.2. The number of hydrogen-bond acceptors (Lipinski definition) is 9. The van der Waals surface area contributed by atoms with Gasteiger partial charge in [0.1, 0.15) is 17.2 Å². The number of hydrogen-bond donors (Lipinski definition) is 3. The number of rotatable bonds is 7. The van der Waals surface area contributed by atoms with Crippen LogP contribution in [-0.2, 0) is 28.5 Å². The molecule has 4 bridgehead atoms. The molecule has 0 aromatic heterocycles. The zero-order valence-corrected chi connectivity index (χ0v) is 25.4. The molecule has 11 nitrogen and oxygen atoms in total. The van der Waals surface area contributed by atoms with Gasteiger partial charge in [-0.1, -0.05) is 6.08 Å². The Hall–Kier alpha value is -2.82. The fourth-order valence-electron chi connectivity index (χ4n) is 6.92. The molecular formula is C29H47N3O8. The Kier molecular flexibility index (Phi) is 8.35. The van der Waals surface area contributed by atoms with E-state index < -0.39 is 17.2 Å². The monoisotopic (exact) mass is 565 g/mol. The number of allylic oxidation sites excluding steroid dienone is 1. The Morgan fingerprint density at radius 1 is 0.800 bits per heavy atom. The molecule has 4 N–H and O–H groups in total. The van der Waals surface area contributed by atoms with Crippen LogP contribution in [0, 0.1) is 10.8 Å². The standard InChI is InChI=1S/C15H23NO4.C14H24N2O4/c1-10(11(17)19-5)6-14-7-15(8-14,9-14)16-12(18)20-13(2,3)4;1-12(2,3)20-11(18)16-14-6-13(7-14,8-14)5-9(15)10(17)19-4/h6H,7-9H2,1-5H3,(H,16,18);9H,5-8,15H2,1-4H3,(H,16,18)/b10-6-;. The normalized spacial score (nSPS) is 32.1. The molecule has 0 aromatic carbocycles. The molecule has 0 aliphatic heterocycles. The van der Waals surface area contributed by atoms with Crippen LogP contribution in [0.15, 0.2) is 11.6 Å². The topological polar surface area (TPSA) is 155 Å². The summed E-state index contributed by atoms with van der Waals surface area (Å²) in [7, 11) is 2.73. The number of nitrogens with two attached hydrogens (primary N) is 1. The van der Waals surface area contributed by atoms with E-state index in [2.05, 4.69) is 15.4 Å². The van der Waals surface area contributed by atoms with Crippen molar-refractivity contribution >= 4 is 24.1 Å². The van der Waals surface area contributed by atoms with Crippen molar-refractivity contribution in [1.29, 1.82) is 0 Å². The van der Waals surface area contributed by atoms with Gasteiger partial charge in [-0.25, -0.2) is 14.4 Å². The second-order valence-electron chi connectivity index (χ2n) is 14.4. The van der Waals surface area contributed by atoms with Gasteiger partial charge in [0.15, 0.2) is 0 Å². The first-order chi connectivity index (χ1) is 18.2. The molecule has 40 heavy (non-hydrogen) atoms. The molecule has 6 saturated carbocycles. The van der Waals surface area contributed by atoms with Gasteiger partial charge in [0.2, 0.25) is 0 Å². The average molecular weight is 566 g/mol. The van der Waals surface area contributed by atoms with Gasteiger partial charge < -0.3 is 35.3 Å². The van der Waals surface area contributed by atoms with E-state index in [9.17, 15) is 19.2 Å². The number of alkyl carbamates (subject to hydrolysis) is 2. The van der Waals surface area contributed by atoms with E-state index in [1.54, 1.807) is 6.92 Å². The summed E-state index contributed by atoms with van der Waals surface area (Å²) in [5.41, 5.74) is 5.35. The van der Waals surface area contributed by atoms with E-state index >= 15 is 0 Å². The summed E-state index contributed by atoms with van der Waals surface area (Å²) < 4.78 is 19.8. The molecule has 1 atom stereocenters. The van der Waals surface area contributed by atoms with Gasteiger partial charge in [-0.3, -0.25) is 4.79 Å². The van der Waals surface area contributed by atoms with Crippen LogP contribution < -0.4 is 16.4 Å². The SMILES string of the molecule is COC(=O)/C(C)=C\C12CC(NC(=O)OC(C)(C)C)(C1)C2.COC(=O)C(N)CC12CC(NC(=O)OC(C)(C)C)(C1)C2. The lowest BCUT2D eigenvalue weighted by Gasteiger charge is -2.71. The summed E-state index contributed by atoms with van der Waals surface area (Å²) >= 11 is 0. The molecule has 6 aliphatic carbocycles. The molecule has 0 radical (unpaired) electrons. The Balaban J connectivity index is 0.000000220. The van der Waals surface area contributed by atoms with Crippen molar-refractivity contribution < 1.29 is 38.1 Å². The molecule has 6 fully saturated rings. The van der Waals surface area contributed by atoms with Gasteiger partial charge in [-0.2, -0.15) is 0 Å². The third-order valence-corrected chi connectivity index (χ3v) is 7.93. The van der Waals surface area contributed by atoms with Gasteiger partial charge in [0.25, 0.3) is 0 Å². The number of esters is 2. The minimum atomic E-state index is -0.570. The molecule has 6 aliphatic rings. The summed E-state index contributed by atoms with van der Waals surface area (Å²) in [6, 6.07) is -0.570. The Morgan fingerprint density at radius 3 is 1.60 bits per heavy atom. The van der Waals surface area contributed by atoms with E-state index in [1.165, 1.54) is 14.2 Å². The summed E-state index contributed by atoms with van der Waals surface area (Å²) in [5, 5.41) is 5.89. The first kappa shape index (κ1) is 31.7. The van der Waals surface area contributed by atoms with Gasteiger partial charge >= 0.3 is 24.1 Å². The molecule has 1 unspecified atom stereocenters. The van der Waals surface area contributed by atoms with E-state index in [0.29, 0.717) is 12.0 Å². The highest BCUT2D eigenvalue weighted by atomic mass is 16.6. The fourth-order valence-corrected chi connectivity index (χ4v) is 6.92. The van der Waals surface area contributed by atoms with Crippen molar-refractivity contribution in [3.63, 3.8) is 0 Å². The van der Waals surface area contributed by atoms with Gasteiger partial charge in [0, 0.05) is 16.7 Å². The Labute approximate surface area is 237 Å². The van der Waals surface area contributed by atoms with Gasteiger partial charge in [0.05, 0.1) is 14.2 Å². The predicted octanol–water partition coefficient (Wildman–Crippen LogP) is 3.88. The maximum absolute atomic E-state index is 11.7. The van der Waals surface area contributed by atoms with E-state index in [4.69, 9.17) is 19.9 Å². The molecule has 0 heterocycles. The quantitative estimate of drug-likeness (QED) is 0.237. The molecule has 0 saturated heterocycles. The minimum absolute atomic E-state index is 0.0628. The maximum atomic E-state index is 11.7. The fraction of sp³-hybridized carbons (Fsp3) is 0.793. The van der Waals surface area contributed by atoms with Crippen LogP contribution in [0.5, 0.6) is 0 Å². The van der Waals surface area contributed by atoms with Crippen molar-refractivity contribution in [3.05, 3.63) is 11.6 Å². The van der Waals surface area contributed by atoms with Crippen LogP contribution >= 0.6 is 0 Å². The summed E-state index contributed by atoms with van der Waals surface area (Å²) in [6.07, 6.45) is 7.07. The summed E-state index contributed by atoms with van der Waals surface area (Å²) in [5.74, 6) is -0.659. The zero-order chi connectivity index (χ0) is 30.4. The molecule has 11 heteroatoms. The highest BCUT2D eigenvalue weighted by Gasteiger charge is 2.69.